The lowest BCUT2D eigenvalue weighted by atomic mass is 9.85. The van der Waals surface area contributed by atoms with E-state index in [2.05, 4.69) is 22.9 Å². The summed E-state index contributed by atoms with van der Waals surface area (Å²) < 4.78 is 26.6. The van der Waals surface area contributed by atoms with Gasteiger partial charge in [-0.1, -0.05) is 30.3 Å². The summed E-state index contributed by atoms with van der Waals surface area (Å²) in [5.74, 6) is -0.493. The lowest BCUT2D eigenvalue weighted by Gasteiger charge is -2.33. The van der Waals surface area contributed by atoms with Crippen molar-refractivity contribution in [2.24, 2.45) is 0 Å². The number of piperidine rings is 2. The molecule has 0 aliphatic carbocycles. The Morgan fingerprint density at radius 1 is 0.710 bits per heavy atom. The number of rotatable bonds is 2. The van der Waals surface area contributed by atoms with Crippen LogP contribution < -0.4 is 0 Å². The van der Waals surface area contributed by atoms with Crippen molar-refractivity contribution in [2.75, 3.05) is 40.3 Å². The van der Waals surface area contributed by atoms with E-state index in [0.29, 0.717) is 18.7 Å². The Hall–Kier alpha value is -2.89. The molecule has 0 atom stereocenters. The lowest BCUT2D eigenvalue weighted by Crippen LogP contribution is -2.37. The number of carbonyl (C=O) groups is 1. The SMILES string of the molecule is CN1CCC(=C2CN(C)CC(=Cc3ccc(F)cc3)C2=O)C(=Cc2ccc(F)cc2)C1. The van der Waals surface area contributed by atoms with Gasteiger partial charge in [-0.3, -0.25) is 9.69 Å². The number of halogens is 2. The van der Waals surface area contributed by atoms with Gasteiger partial charge in [-0.15, -0.1) is 0 Å². The molecule has 31 heavy (non-hydrogen) atoms. The average molecular weight is 421 g/mol. The lowest BCUT2D eigenvalue weighted by molar-refractivity contribution is -0.113. The second kappa shape index (κ2) is 9.08. The number of Topliss-reactive ketones (excluding diaryl/α,β-unsaturated/α-hetero) is 1. The minimum absolute atomic E-state index is 0.0620. The fraction of sp³-hybridized carbons (Fsp3) is 0.269. The van der Waals surface area contributed by atoms with Crippen LogP contribution in [0.3, 0.4) is 0 Å². The number of hydrogen-bond donors (Lipinski definition) is 0. The van der Waals surface area contributed by atoms with Gasteiger partial charge in [0.15, 0.2) is 5.78 Å². The molecule has 160 valence electrons. The minimum atomic E-state index is -0.293. The number of hydrogen-bond acceptors (Lipinski definition) is 3. The molecule has 0 radical (unpaired) electrons. The third kappa shape index (κ3) is 5.06. The van der Waals surface area contributed by atoms with Crippen LogP contribution in [0.5, 0.6) is 0 Å². The monoisotopic (exact) mass is 420 g/mol. The van der Waals surface area contributed by atoms with Crippen molar-refractivity contribution in [3.05, 3.63) is 93.6 Å². The predicted octanol–water partition coefficient (Wildman–Crippen LogP) is 4.58. The third-order valence-electron chi connectivity index (χ3n) is 5.79. The fourth-order valence-corrected chi connectivity index (χ4v) is 4.22. The predicted molar refractivity (Wildman–Crippen MR) is 120 cm³/mol. The highest BCUT2D eigenvalue weighted by atomic mass is 19.1. The summed E-state index contributed by atoms with van der Waals surface area (Å²) in [6.07, 6.45) is 4.71. The van der Waals surface area contributed by atoms with Gasteiger partial charge in [0.2, 0.25) is 0 Å². The molecule has 2 aliphatic heterocycles. The summed E-state index contributed by atoms with van der Waals surface area (Å²) in [7, 11) is 4.07. The Balaban J connectivity index is 1.73. The Morgan fingerprint density at radius 3 is 1.81 bits per heavy atom. The van der Waals surface area contributed by atoms with Crippen LogP contribution >= 0.6 is 0 Å². The molecule has 2 aromatic rings. The number of carbonyl (C=O) groups excluding carboxylic acids is 1. The number of nitrogens with zero attached hydrogens (tertiary/aromatic N) is 2. The first kappa shape index (κ1) is 21.3. The Labute approximate surface area is 182 Å². The Morgan fingerprint density at radius 2 is 1.23 bits per heavy atom. The summed E-state index contributed by atoms with van der Waals surface area (Å²) in [6.45, 7) is 2.78. The van der Waals surface area contributed by atoms with Crippen molar-refractivity contribution in [2.45, 2.75) is 6.42 Å². The maximum atomic E-state index is 13.4. The van der Waals surface area contributed by atoms with E-state index in [-0.39, 0.29) is 17.4 Å². The van der Waals surface area contributed by atoms with Crippen LogP contribution in [0, 0.1) is 11.6 Å². The van der Waals surface area contributed by atoms with Gasteiger partial charge in [0.25, 0.3) is 0 Å². The van der Waals surface area contributed by atoms with E-state index in [4.69, 9.17) is 0 Å². The van der Waals surface area contributed by atoms with E-state index in [1.807, 2.05) is 13.1 Å². The third-order valence-corrected chi connectivity index (χ3v) is 5.79. The first-order chi connectivity index (χ1) is 14.9. The van der Waals surface area contributed by atoms with E-state index < -0.39 is 0 Å². The topological polar surface area (TPSA) is 23.6 Å². The molecular formula is C26H26F2N2O. The highest BCUT2D eigenvalue weighted by Crippen LogP contribution is 2.31. The first-order valence-corrected chi connectivity index (χ1v) is 10.5. The molecule has 2 heterocycles. The molecule has 3 nitrogen and oxygen atoms in total. The zero-order valence-corrected chi connectivity index (χ0v) is 17.9. The second-order valence-electron chi connectivity index (χ2n) is 8.39. The maximum Gasteiger partial charge on any atom is 0.187 e. The molecule has 0 aromatic heterocycles. The van der Waals surface area contributed by atoms with Crippen molar-refractivity contribution >= 4 is 17.9 Å². The number of ketones is 1. The Bertz CT molecular complexity index is 1070. The van der Waals surface area contributed by atoms with E-state index in [9.17, 15) is 13.6 Å². The summed E-state index contributed by atoms with van der Waals surface area (Å²) in [5, 5.41) is 0. The average Bonchev–Trinajstić information content (AvgIpc) is 2.74. The normalized spacial score (nSPS) is 23.7. The van der Waals surface area contributed by atoms with Gasteiger partial charge < -0.3 is 4.90 Å². The summed E-state index contributed by atoms with van der Waals surface area (Å²) in [5.41, 5.74) is 5.45. The first-order valence-electron chi connectivity index (χ1n) is 10.5. The smallest absolute Gasteiger partial charge is 0.187 e. The number of likely N-dealkylation sites (N-methyl/N-ethyl adjacent to an activating group) is 2. The number of likely N-dealkylation sites (tertiary alicyclic amines) is 2. The largest absolute Gasteiger partial charge is 0.302 e. The van der Waals surface area contributed by atoms with Gasteiger partial charge >= 0.3 is 0 Å². The fourth-order valence-electron chi connectivity index (χ4n) is 4.22. The second-order valence-corrected chi connectivity index (χ2v) is 8.39. The van der Waals surface area contributed by atoms with Crippen LogP contribution in [0.15, 0.2) is 70.8 Å². The molecule has 2 aliphatic rings. The van der Waals surface area contributed by atoms with Crippen LogP contribution in [-0.2, 0) is 4.79 Å². The summed E-state index contributed by atoms with van der Waals surface area (Å²) in [6, 6.07) is 12.6. The molecule has 4 rings (SSSR count). The molecule has 0 N–H and O–H groups in total. The van der Waals surface area contributed by atoms with Gasteiger partial charge in [0.05, 0.1) is 0 Å². The van der Waals surface area contributed by atoms with Crippen LogP contribution in [0.4, 0.5) is 8.78 Å². The molecule has 0 amide bonds. The quantitative estimate of drug-likeness (QED) is 0.665. The van der Waals surface area contributed by atoms with Crippen molar-refractivity contribution in [3.63, 3.8) is 0 Å². The van der Waals surface area contributed by atoms with E-state index in [0.717, 1.165) is 47.4 Å². The van der Waals surface area contributed by atoms with E-state index >= 15 is 0 Å². The van der Waals surface area contributed by atoms with Gasteiger partial charge in [-0.05, 0) is 73.1 Å². The van der Waals surface area contributed by atoms with Crippen LogP contribution in [-0.4, -0.2) is 55.9 Å². The Kier molecular flexibility index (Phi) is 6.25. The van der Waals surface area contributed by atoms with E-state index in [1.54, 1.807) is 24.3 Å². The molecule has 0 unspecified atom stereocenters. The standard InChI is InChI=1S/C26H26F2N2O/c1-29-12-11-24(20(15-29)13-18-3-7-22(27)8-4-18)25-17-30(2)16-21(26(25)31)14-19-5-9-23(28)10-6-19/h3-10,13-14H,11-12,15-17H2,1-2H3. The summed E-state index contributed by atoms with van der Waals surface area (Å²) in [4.78, 5) is 17.8. The van der Waals surface area contributed by atoms with Crippen LogP contribution in [0.25, 0.3) is 12.2 Å². The molecule has 0 bridgehead atoms. The molecule has 2 saturated heterocycles. The zero-order valence-electron chi connectivity index (χ0n) is 17.9. The zero-order chi connectivity index (χ0) is 22.0. The highest BCUT2D eigenvalue weighted by Gasteiger charge is 2.29. The maximum absolute atomic E-state index is 13.4. The van der Waals surface area contributed by atoms with E-state index in [1.165, 1.54) is 24.3 Å². The van der Waals surface area contributed by atoms with Gasteiger partial charge in [0, 0.05) is 37.3 Å². The highest BCUT2D eigenvalue weighted by molar-refractivity contribution is 6.13. The molecule has 0 saturated carbocycles. The van der Waals surface area contributed by atoms with Crippen LogP contribution in [0.1, 0.15) is 17.5 Å². The molecule has 0 spiro atoms. The van der Waals surface area contributed by atoms with Gasteiger partial charge in [0.1, 0.15) is 11.6 Å². The van der Waals surface area contributed by atoms with Crippen molar-refractivity contribution in [1.82, 2.24) is 9.80 Å². The summed E-state index contributed by atoms with van der Waals surface area (Å²) >= 11 is 0. The van der Waals surface area contributed by atoms with Crippen molar-refractivity contribution in [3.8, 4) is 0 Å². The van der Waals surface area contributed by atoms with Crippen molar-refractivity contribution < 1.29 is 13.6 Å². The molecule has 2 fully saturated rings. The molecule has 5 heteroatoms. The van der Waals surface area contributed by atoms with Crippen molar-refractivity contribution in [1.29, 1.82) is 0 Å². The molecule has 2 aromatic carbocycles. The molecular weight excluding hydrogens is 394 g/mol. The number of benzene rings is 2. The van der Waals surface area contributed by atoms with Gasteiger partial charge in [-0.2, -0.15) is 0 Å². The minimum Gasteiger partial charge on any atom is -0.302 e. The van der Waals surface area contributed by atoms with Crippen LogP contribution in [0.2, 0.25) is 0 Å². The van der Waals surface area contributed by atoms with Gasteiger partial charge in [-0.25, -0.2) is 8.78 Å².